The number of rotatable bonds is 3. The second kappa shape index (κ2) is 5.21. The van der Waals surface area contributed by atoms with Crippen LogP contribution in [0.25, 0.3) is 0 Å². The van der Waals surface area contributed by atoms with Crippen LogP contribution in [0, 0.1) is 3.57 Å². The van der Waals surface area contributed by atoms with Crippen molar-refractivity contribution in [2.45, 2.75) is 6.54 Å². The Morgan fingerprint density at radius 2 is 2.17 bits per heavy atom. The van der Waals surface area contributed by atoms with Crippen LogP contribution in [0.3, 0.4) is 0 Å². The summed E-state index contributed by atoms with van der Waals surface area (Å²) < 4.78 is 1.76. The van der Waals surface area contributed by atoms with Crippen molar-refractivity contribution in [2.75, 3.05) is 0 Å². The van der Waals surface area contributed by atoms with E-state index >= 15 is 0 Å². The summed E-state index contributed by atoms with van der Waals surface area (Å²) in [7, 11) is 0. The van der Waals surface area contributed by atoms with E-state index in [4.69, 9.17) is 5.11 Å². The van der Waals surface area contributed by atoms with Crippen LogP contribution in [0.1, 0.15) is 16.1 Å². The second-order valence-corrected chi connectivity index (χ2v) is 4.53. The summed E-state index contributed by atoms with van der Waals surface area (Å²) in [6, 6.07) is 0. The Balaban J connectivity index is 2.44. The van der Waals surface area contributed by atoms with E-state index in [0.717, 1.165) is 0 Å². The van der Waals surface area contributed by atoms with E-state index in [1.807, 2.05) is 22.6 Å². The normalized spacial score (nSPS) is 10.3. The molecule has 92 valence electrons. The molecule has 0 aliphatic rings. The number of nitrogens with zero attached hydrogens (tertiary/aromatic N) is 4. The van der Waals surface area contributed by atoms with E-state index < -0.39 is 5.97 Å². The van der Waals surface area contributed by atoms with Gasteiger partial charge in [0.1, 0.15) is 11.9 Å². The van der Waals surface area contributed by atoms with Crippen molar-refractivity contribution in [1.29, 1.82) is 0 Å². The summed E-state index contributed by atoms with van der Waals surface area (Å²) in [5, 5.41) is 8.98. The molecule has 0 fully saturated rings. The lowest BCUT2D eigenvalue weighted by molar-refractivity contribution is 0.0694. The van der Waals surface area contributed by atoms with Crippen molar-refractivity contribution < 1.29 is 9.90 Å². The van der Waals surface area contributed by atoms with Crippen molar-refractivity contribution in [3.63, 3.8) is 0 Å². The molecule has 0 bridgehead atoms. The van der Waals surface area contributed by atoms with Gasteiger partial charge in [-0.05, 0) is 22.6 Å². The number of aromatic nitrogens is 4. The molecular weight excluding hydrogens is 351 g/mol. The third kappa shape index (κ3) is 2.53. The second-order valence-electron chi connectivity index (χ2n) is 3.36. The molecule has 7 nitrogen and oxygen atoms in total. The first kappa shape index (κ1) is 12.6. The van der Waals surface area contributed by atoms with Crippen molar-refractivity contribution in [3.8, 4) is 0 Å². The van der Waals surface area contributed by atoms with Gasteiger partial charge >= 0.3 is 5.97 Å². The number of carbonyl (C=O) groups is 1. The van der Waals surface area contributed by atoms with E-state index in [1.165, 1.54) is 29.6 Å². The fraction of sp³-hybridized carbons (Fsp3) is 0.100. The van der Waals surface area contributed by atoms with Crippen LogP contribution in [0.4, 0.5) is 0 Å². The zero-order valence-corrected chi connectivity index (χ0v) is 11.1. The Morgan fingerprint density at radius 3 is 2.89 bits per heavy atom. The highest BCUT2D eigenvalue weighted by Gasteiger charge is 2.12. The standard InChI is InChI=1S/C10H7IN4O3/c11-7-2-13-5-15(9(7)16)3-8-6(10(17)18)1-12-4-14-8/h1-2,4-5H,3H2,(H,17,18). The smallest absolute Gasteiger partial charge is 0.339 e. The fourth-order valence-electron chi connectivity index (χ4n) is 1.36. The summed E-state index contributed by atoms with van der Waals surface area (Å²) >= 11 is 1.87. The van der Waals surface area contributed by atoms with Gasteiger partial charge in [-0.2, -0.15) is 0 Å². The number of aromatic carboxylic acids is 1. The van der Waals surface area contributed by atoms with Gasteiger partial charge in [0.2, 0.25) is 0 Å². The molecule has 0 atom stereocenters. The Kier molecular flexibility index (Phi) is 3.65. The molecule has 0 saturated carbocycles. The van der Waals surface area contributed by atoms with Crippen LogP contribution < -0.4 is 5.56 Å². The number of carboxylic acids is 1. The molecule has 0 aliphatic carbocycles. The Labute approximate surface area is 115 Å². The molecular formula is C10H7IN4O3. The molecule has 0 aliphatic heterocycles. The zero-order valence-electron chi connectivity index (χ0n) is 8.95. The molecule has 0 saturated heterocycles. The minimum atomic E-state index is -1.13. The largest absolute Gasteiger partial charge is 0.478 e. The first-order valence-electron chi connectivity index (χ1n) is 4.81. The molecule has 1 N–H and O–H groups in total. The highest BCUT2D eigenvalue weighted by atomic mass is 127. The van der Waals surface area contributed by atoms with Gasteiger partial charge in [0, 0.05) is 12.4 Å². The maximum atomic E-state index is 11.8. The quantitative estimate of drug-likeness (QED) is 0.797. The van der Waals surface area contributed by atoms with Crippen molar-refractivity contribution in [3.05, 3.63) is 50.2 Å². The Morgan fingerprint density at radius 1 is 1.39 bits per heavy atom. The van der Waals surface area contributed by atoms with Gasteiger partial charge in [-0.25, -0.2) is 19.7 Å². The van der Waals surface area contributed by atoms with E-state index in [1.54, 1.807) is 0 Å². The highest BCUT2D eigenvalue weighted by Crippen LogP contribution is 2.05. The number of halogens is 1. The van der Waals surface area contributed by atoms with Gasteiger partial charge in [0.15, 0.2) is 0 Å². The maximum Gasteiger partial charge on any atom is 0.339 e. The molecule has 2 aromatic heterocycles. The maximum absolute atomic E-state index is 11.8. The van der Waals surface area contributed by atoms with E-state index in [2.05, 4.69) is 15.0 Å². The molecule has 8 heteroatoms. The van der Waals surface area contributed by atoms with E-state index in [0.29, 0.717) is 3.57 Å². The predicted octanol–water partition coefficient (Wildman–Crippen LogP) is 0.384. The van der Waals surface area contributed by atoms with Crippen LogP contribution in [-0.4, -0.2) is 30.6 Å². The van der Waals surface area contributed by atoms with Crippen LogP contribution in [0.2, 0.25) is 0 Å². The third-order valence-corrected chi connectivity index (χ3v) is 2.94. The van der Waals surface area contributed by atoms with Crippen LogP contribution >= 0.6 is 22.6 Å². The average Bonchev–Trinajstić information content (AvgIpc) is 2.35. The van der Waals surface area contributed by atoms with Crippen LogP contribution in [0.5, 0.6) is 0 Å². The van der Waals surface area contributed by atoms with Gasteiger partial charge in [0.25, 0.3) is 5.56 Å². The molecule has 0 unspecified atom stereocenters. The van der Waals surface area contributed by atoms with Crippen LogP contribution in [0.15, 0.2) is 29.8 Å². The topological polar surface area (TPSA) is 98.0 Å². The van der Waals surface area contributed by atoms with Crippen molar-refractivity contribution in [2.24, 2.45) is 0 Å². The summed E-state index contributed by atoms with van der Waals surface area (Å²) in [5.74, 6) is -1.13. The van der Waals surface area contributed by atoms with Crippen molar-refractivity contribution >= 4 is 28.6 Å². The van der Waals surface area contributed by atoms with E-state index in [-0.39, 0.29) is 23.4 Å². The molecule has 2 heterocycles. The fourth-order valence-corrected chi connectivity index (χ4v) is 1.83. The summed E-state index contributed by atoms with van der Waals surface area (Å²) in [5.41, 5.74) is 0.00668. The minimum absolute atomic E-state index is 0.0248. The lowest BCUT2D eigenvalue weighted by atomic mass is 10.2. The lowest BCUT2D eigenvalue weighted by Crippen LogP contribution is -2.24. The molecule has 0 aromatic carbocycles. The summed E-state index contributed by atoms with van der Waals surface area (Å²) in [6.07, 6.45) is 5.24. The molecule has 0 spiro atoms. The van der Waals surface area contributed by atoms with Gasteiger partial charge < -0.3 is 5.11 Å². The molecule has 18 heavy (non-hydrogen) atoms. The monoisotopic (exact) mass is 358 g/mol. The summed E-state index contributed by atoms with van der Waals surface area (Å²) in [4.78, 5) is 34.2. The molecule has 0 amide bonds. The van der Waals surface area contributed by atoms with Gasteiger partial charge in [-0.1, -0.05) is 0 Å². The predicted molar refractivity (Wildman–Crippen MR) is 69.3 cm³/mol. The lowest BCUT2D eigenvalue weighted by Gasteiger charge is -2.06. The van der Waals surface area contributed by atoms with Gasteiger partial charge in [-0.3, -0.25) is 9.36 Å². The first-order chi connectivity index (χ1) is 8.59. The molecule has 2 aromatic rings. The summed E-state index contributed by atoms with van der Waals surface area (Å²) in [6.45, 7) is 0.0484. The number of carboxylic acid groups (broad SMARTS) is 1. The Bertz CT molecular complexity index is 656. The molecule has 0 radical (unpaired) electrons. The SMILES string of the molecule is O=C(O)c1cncnc1Cn1cncc(I)c1=O. The first-order valence-corrected chi connectivity index (χ1v) is 5.89. The Hall–Kier alpha value is -1.84. The number of hydrogen-bond acceptors (Lipinski definition) is 5. The minimum Gasteiger partial charge on any atom is -0.478 e. The van der Waals surface area contributed by atoms with E-state index in [9.17, 15) is 9.59 Å². The van der Waals surface area contributed by atoms with Gasteiger partial charge in [-0.15, -0.1) is 0 Å². The average molecular weight is 358 g/mol. The highest BCUT2D eigenvalue weighted by molar-refractivity contribution is 14.1. The van der Waals surface area contributed by atoms with Crippen LogP contribution in [-0.2, 0) is 6.54 Å². The third-order valence-electron chi connectivity index (χ3n) is 2.20. The van der Waals surface area contributed by atoms with Gasteiger partial charge in [0.05, 0.1) is 22.1 Å². The van der Waals surface area contributed by atoms with Crippen molar-refractivity contribution in [1.82, 2.24) is 19.5 Å². The number of hydrogen-bond donors (Lipinski definition) is 1. The molecule has 2 rings (SSSR count). The zero-order chi connectivity index (χ0) is 13.1.